The summed E-state index contributed by atoms with van der Waals surface area (Å²) in [6.45, 7) is 4.18. The van der Waals surface area contributed by atoms with Gasteiger partial charge in [0.15, 0.2) is 10.8 Å². The van der Waals surface area contributed by atoms with Gasteiger partial charge in [0.1, 0.15) is 6.61 Å². The fourth-order valence-electron chi connectivity index (χ4n) is 2.23. The Labute approximate surface area is 175 Å². The number of aryl methyl sites for hydroxylation is 1. The van der Waals surface area contributed by atoms with E-state index in [2.05, 4.69) is 5.10 Å². The number of nitrogens with zero attached hydrogens (tertiary/aromatic N) is 2. The third kappa shape index (κ3) is 9.38. The molecule has 160 valence electrons. The molecule has 1 aromatic carbocycles. The van der Waals surface area contributed by atoms with Crippen molar-refractivity contribution in [2.75, 3.05) is 52.9 Å². The van der Waals surface area contributed by atoms with Crippen LogP contribution in [-0.4, -0.2) is 62.6 Å². The third-order valence-corrected chi connectivity index (χ3v) is 4.11. The minimum Gasteiger partial charge on any atom is -0.488 e. The fraction of sp³-hybridized carbons (Fsp3) is 0.500. The molecule has 0 saturated carbocycles. The fourth-order valence-corrected chi connectivity index (χ4v) is 2.46. The first-order valence-corrected chi connectivity index (χ1v) is 9.76. The molecule has 9 heteroatoms. The molecular weight excluding hydrogens is 400 g/mol. The van der Waals surface area contributed by atoms with Gasteiger partial charge in [-0.25, -0.2) is 4.68 Å². The summed E-state index contributed by atoms with van der Waals surface area (Å²) >= 11 is 5.90. The highest BCUT2D eigenvalue weighted by atomic mass is 35.5. The second-order valence-electron chi connectivity index (χ2n) is 5.98. The number of benzene rings is 1. The van der Waals surface area contributed by atoms with Crippen molar-refractivity contribution in [2.45, 2.75) is 6.61 Å². The van der Waals surface area contributed by atoms with Gasteiger partial charge in [-0.05, 0) is 5.56 Å². The van der Waals surface area contributed by atoms with E-state index in [1.807, 2.05) is 30.3 Å². The summed E-state index contributed by atoms with van der Waals surface area (Å²) in [5.74, 6) is 0.250. The highest BCUT2D eigenvalue weighted by Crippen LogP contribution is 2.17. The van der Waals surface area contributed by atoms with E-state index in [-0.39, 0.29) is 17.4 Å². The zero-order valence-electron chi connectivity index (χ0n) is 16.5. The van der Waals surface area contributed by atoms with E-state index in [1.165, 1.54) is 13.2 Å². The summed E-state index contributed by atoms with van der Waals surface area (Å²) < 4.78 is 28.3. The minimum absolute atomic E-state index is 0.0105. The maximum absolute atomic E-state index is 11.6. The van der Waals surface area contributed by atoms with E-state index in [0.29, 0.717) is 52.9 Å². The molecule has 0 bridgehead atoms. The smallest absolute Gasteiger partial charge is 0.289 e. The Morgan fingerprint density at radius 2 is 1.41 bits per heavy atom. The maximum atomic E-state index is 11.6. The summed E-state index contributed by atoms with van der Waals surface area (Å²) in [4.78, 5) is 11.6. The van der Waals surface area contributed by atoms with Crippen molar-refractivity contribution in [3.63, 3.8) is 0 Å². The zero-order valence-corrected chi connectivity index (χ0v) is 17.3. The molecule has 0 N–H and O–H groups in total. The van der Waals surface area contributed by atoms with E-state index in [1.54, 1.807) is 0 Å². The van der Waals surface area contributed by atoms with Crippen LogP contribution < -0.4 is 10.3 Å². The van der Waals surface area contributed by atoms with Crippen molar-refractivity contribution < 1.29 is 23.7 Å². The van der Waals surface area contributed by atoms with Gasteiger partial charge in [0.05, 0.1) is 59.1 Å². The van der Waals surface area contributed by atoms with Crippen LogP contribution in [0.4, 0.5) is 0 Å². The lowest BCUT2D eigenvalue weighted by Crippen LogP contribution is -2.21. The summed E-state index contributed by atoms with van der Waals surface area (Å²) in [5, 5.41) is 3.86. The zero-order chi connectivity index (χ0) is 20.7. The van der Waals surface area contributed by atoms with Gasteiger partial charge in [0.25, 0.3) is 5.56 Å². The molecule has 29 heavy (non-hydrogen) atoms. The Balaban J connectivity index is 1.36. The predicted octanol–water partition coefficient (Wildman–Crippen LogP) is 2.08. The third-order valence-electron chi connectivity index (χ3n) is 3.76. The highest BCUT2D eigenvalue weighted by Gasteiger charge is 2.08. The SMILES string of the molecule is Cn1ncc(OCCOCCOCCOCCOCc2ccccc2)c(Cl)c1=O. The number of hydrogen-bond acceptors (Lipinski definition) is 7. The van der Waals surface area contributed by atoms with Crippen LogP contribution in [0.15, 0.2) is 41.3 Å². The Morgan fingerprint density at radius 3 is 2.03 bits per heavy atom. The van der Waals surface area contributed by atoms with E-state index < -0.39 is 5.56 Å². The number of aromatic nitrogens is 2. The van der Waals surface area contributed by atoms with Crippen LogP contribution in [-0.2, 0) is 32.6 Å². The highest BCUT2D eigenvalue weighted by molar-refractivity contribution is 6.31. The summed E-state index contributed by atoms with van der Waals surface area (Å²) in [5.41, 5.74) is 0.748. The average molecular weight is 427 g/mol. The van der Waals surface area contributed by atoms with Gasteiger partial charge in [0, 0.05) is 7.05 Å². The normalized spacial score (nSPS) is 11.0. The van der Waals surface area contributed by atoms with Crippen LogP contribution in [0.1, 0.15) is 5.56 Å². The largest absolute Gasteiger partial charge is 0.488 e. The molecule has 0 aliphatic rings. The molecule has 2 aromatic rings. The number of ether oxygens (including phenoxy) is 5. The van der Waals surface area contributed by atoms with Crippen molar-refractivity contribution in [1.82, 2.24) is 9.78 Å². The van der Waals surface area contributed by atoms with Gasteiger partial charge < -0.3 is 23.7 Å². The van der Waals surface area contributed by atoms with Gasteiger partial charge in [-0.15, -0.1) is 0 Å². The van der Waals surface area contributed by atoms with Crippen LogP contribution in [0.2, 0.25) is 5.02 Å². The quantitative estimate of drug-likeness (QED) is 0.403. The molecule has 0 aliphatic heterocycles. The van der Waals surface area contributed by atoms with Crippen LogP contribution in [0, 0.1) is 0 Å². The van der Waals surface area contributed by atoms with Gasteiger partial charge >= 0.3 is 0 Å². The molecule has 8 nitrogen and oxygen atoms in total. The molecule has 0 saturated heterocycles. The lowest BCUT2D eigenvalue weighted by molar-refractivity contribution is -0.00661. The summed E-state index contributed by atoms with van der Waals surface area (Å²) in [7, 11) is 1.52. The van der Waals surface area contributed by atoms with Crippen LogP contribution in [0.5, 0.6) is 5.75 Å². The maximum Gasteiger partial charge on any atom is 0.289 e. The molecule has 0 fully saturated rings. The number of rotatable bonds is 15. The molecule has 0 aliphatic carbocycles. The average Bonchev–Trinajstić information content (AvgIpc) is 2.74. The predicted molar refractivity (Wildman–Crippen MR) is 109 cm³/mol. The monoisotopic (exact) mass is 426 g/mol. The van der Waals surface area contributed by atoms with Gasteiger partial charge in [-0.2, -0.15) is 5.10 Å². The van der Waals surface area contributed by atoms with Crippen molar-refractivity contribution in [3.8, 4) is 5.75 Å². The molecule has 1 aromatic heterocycles. The van der Waals surface area contributed by atoms with Crippen LogP contribution in [0.3, 0.4) is 0 Å². The van der Waals surface area contributed by atoms with E-state index in [4.69, 9.17) is 35.3 Å². The lowest BCUT2D eigenvalue weighted by Gasteiger charge is -2.09. The number of halogens is 1. The Hall–Kier alpha value is -1.97. The first kappa shape index (κ1) is 23.3. The molecule has 0 atom stereocenters. The topological polar surface area (TPSA) is 81.0 Å². The molecule has 0 unspecified atom stereocenters. The summed E-state index contributed by atoms with van der Waals surface area (Å²) in [6.07, 6.45) is 1.40. The molecule has 0 radical (unpaired) electrons. The molecular formula is C20H27ClN2O6. The second kappa shape index (κ2) is 14.1. The van der Waals surface area contributed by atoms with Crippen molar-refractivity contribution in [2.24, 2.45) is 7.05 Å². The lowest BCUT2D eigenvalue weighted by atomic mass is 10.2. The van der Waals surface area contributed by atoms with Crippen molar-refractivity contribution in [3.05, 3.63) is 57.5 Å². The van der Waals surface area contributed by atoms with E-state index >= 15 is 0 Å². The summed E-state index contributed by atoms with van der Waals surface area (Å²) in [6, 6.07) is 10.0. The van der Waals surface area contributed by atoms with Crippen molar-refractivity contribution in [1.29, 1.82) is 0 Å². The van der Waals surface area contributed by atoms with Gasteiger partial charge in [-0.3, -0.25) is 4.79 Å². The standard InChI is InChI=1S/C20H27ClN2O6/c1-23-20(24)19(21)18(15-22-23)29-14-13-27-10-9-25-7-8-26-11-12-28-16-17-5-3-2-4-6-17/h2-6,15H,7-14,16H2,1H3. The Morgan fingerprint density at radius 1 is 0.862 bits per heavy atom. The number of hydrogen-bond donors (Lipinski definition) is 0. The van der Waals surface area contributed by atoms with Crippen LogP contribution in [0.25, 0.3) is 0 Å². The molecule has 0 spiro atoms. The minimum atomic E-state index is -0.400. The van der Waals surface area contributed by atoms with Gasteiger partial charge in [0.2, 0.25) is 0 Å². The van der Waals surface area contributed by atoms with E-state index in [0.717, 1.165) is 10.2 Å². The molecule has 2 rings (SSSR count). The first-order chi connectivity index (χ1) is 14.2. The van der Waals surface area contributed by atoms with Gasteiger partial charge in [-0.1, -0.05) is 41.9 Å². The molecule has 1 heterocycles. The van der Waals surface area contributed by atoms with Crippen LogP contribution >= 0.6 is 11.6 Å². The van der Waals surface area contributed by atoms with Crippen molar-refractivity contribution >= 4 is 11.6 Å². The first-order valence-electron chi connectivity index (χ1n) is 9.38. The van der Waals surface area contributed by atoms with E-state index in [9.17, 15) is 4.79 Å². The Bertz CT molecular complexity index is 756. The second-order valence-corrected chi connectivity index (χ2v) is 6.35. The molecule has 0 amide bonds. The Kier molecular flexibility index (Phi) is 11.3.